The molecule has 0 aromatic heterocycles. The topological polar surface area (TPSA) is 15.3 Å². The average molecular weight is 196 g/mol. The number of rotatable bonds is 5. The third-order valence-electron chi connectivity index (χ3n) is 3.78. The first-order chi connectivity index (χ1) is 6.81. The molecule has 1 heterocycles. The lowest BCUT2D eigenvalue weighted by Crippen LogP contribution is -2.37. The Balaban J connectivity index is 1.70. The second-order valence-corrected chi connectivity index (χ2v) is 5.01. The smallest absolute Gasteiger partial charge is 0.0207 e. The lowest BCUT2D eigenvalue weighted by atomic mass is 10.2. The van der Waals surface area contributed by atoms with E-state index in [2.05, 4.69) is 24.1 Å². The van der Waals surface area contributed by atoms with Crippen molar-refractivity contribution >= 4 is 0 Å². The molecule has 1 aliphatic carbocycles. The molecule has 2 atom stereocenters. The second kappa shape index (κ2) is 4.63. The van der Waals surface area contributed by atoms with Crippen molar-refractivity contribution in [1.29, 1.82) is 0 Å². The molecule has 2 fully saturated rings. The Labute approximate surface area is 88.1 Å². The fourth-order valence-electron chi connectivity index (χ4n) is 2.55. The molecular weight excluding hydrogens is 172 g/mol. The minimum atomic E-state index is 0.774. The Kier molecular flexibility index (Phi) is 3.45. The molecule has 0 aromatic carbocycles. The molecule has 2 heteroatoms. The van der Waals surface area contributed by atoms with Gasteiger partial charge < -0.3 is 5.32 Å². The molecule has 2 unspecified atom stereocenters. The highest BCUT2D eigenvalue weighted by Crippen LogP contribution is 2.36. The van der Waals surface area contributed by atoms with Gasteiger partial charge in [-0.05, 0) is 45.1 Å². The summed E-state index contributed by atoms with van der Waals surface area (Å²) in [5.74, 6) is 1.03. The Morgan fingerprint density at radius 2 is 2.14 bits per heavy atom. The van der Waals surface area contributed by atoms with E-state index in [1.165, 1.54) is 45.3 Å². The molecule has 0 amide bonds. The Hall–Kier alpha value is -0.0800. The molecule has 2 aliphatic rings. The molecule has 1 N–H and O–H groups in total. The van der Waals surface area contributed by atoms with E-state index < -0.39 is 0 Å². The van der Waals surface area contributed by atoms with Crippen LogP contribution in [0.2, 0.25) is 0 Å². The molecule has 0 aromatic rings. The van der Waals surface area contributed by atoms with Crippen molar-refractivity contribution in [2.75, 3.05) is 19.6 Å². The zero-order valence-corrected chi connectivity index (χ0v) is 9.63. The summed E-state index contributed by atoms with van der Waals surface area (Å²) in [5, 5.41) is 3.63. The quantitative estimate of drug-likeness (QED) is 0.722. The van der Waals surface area contributed by atoms with Crippen LogP contribution in [0.3, 0.4) is 0 Å². The van der Waals surface area contributed by atoms with Crippen molar-refractivity contribution in [2.24, 2.45) is 5.92 Å². The molecular formula is C12H24N2. The molecule has 14 heavy (non-hydrogen) atoms. The van der Waals surface area contributed by atoms with E-state index in [1.54, 1.807) is 0 Å². The molecule has 82 valence electrons. The van der Waals surface area contributed by atoms with E-state index in [4.69, 9.17) is 0 Å². The summed E-state index contributed by atoms with van der Waals surface area (Å²) < 4.78 is 0. The van der Waals surface area contributed by atoms with Gasteiger partial charge in [-0.3, -0.25) is 4.90 Å². The van der Waals surface area contributed by atoms with Gasteiger partial charge in [0.05, 0.1) is 0 Å². The maximum Gasteiger partial charge on any atom is 0.0207 e. The average Bonchev–Trinajstić information content (AvgIpc) is 2.94. The van der Waals surface area contributed by atoms with Crippen LogP contribution >= 0.6 is 0 Å². The van der Waals surface area contributed by atoms with Crippen LogP contribution in [0.25, 0.3) is 0 Å². The summed E-state index contributed by atoms with van der Waals surface area (Å²) in [6, 6.07) is 1.62. The van der Waals surface area contributed by atoms with Crippen molar-refractivity contribution in [3.63, 3.8) is 0 Å². The normalized spacial score (nSPS) is 30.9. The highest BCUT2D eigenvalue weighted by Gasteiger charge is 2.35. The molecule has 1 aliphatic heterocycles. The van der Waals surface area contributed by atoms with Crippen LogP contribution in [-0.4, -0.2) is 36.6 Å². The van der Waals surface area contributed by atoms with Crippen LogP contribution in [0.4, 0.5) is 0 Å². The zero-order valence-electron chi connectivity index (χ0n) is 9.63. The Bertz CT molecular complexity index is 177. The third kappa shape index (κ3) is 2.48. The summed E-state index contributed by atoms with van der Waals surface area (Å²) in [4.78, 5) is 2.69. The van der Waals surface area contributed by atoms with Gasteiger partial charge in [-0.1, -0.05) is 6.92 Å². The number of hydrogen-bond donors (Lipinski definition) is 1. The van der Waals surface area contributed by atoms with Crippen molar-refractivity contribution in [3.05, 3.63) is 0 Å². The fraction of sp³-hybridized carbons (Fsp3) is 1.00. The van der Waals surface area contributed by atoms with Gasteiger partial charge >= 0.3 is 0 Å². The van der Waals surface area contributed by atoms with E-state index in [9.17, 15) is 0 Å². The van der Waals surface area contributed by atoms with E-state index in [-0.39, 0.29) is 0 Å². The molecule has 1 saturated heterocycles. The van der Waals surface area contributed by atoms with Gasteiger partial charge in [0.15, 0.2) is 0 Å². The van der Waals surface area contributed by atoms with Crippen LogP contribution in [0.1, 0.15) is 39.5 Å². The van der Waals surface area contributed by atoms with Gasteiger partial charge in [0, 0.05) is 25.2 Å². The lowest BCUT2D eigenvalue weighted by Gasteiger charge is -2.24. The van der Waals surface area contributed by atoms with Crippen molar-refractivity contribution in [1.82, 2.24) is 10.2 Å². The molecule has 0 spiro atoms. The first-order valence-corrected chi connectivity index (χ1v) is 6.28. The monoisotopic (exact) mass is 196 g/mol. The summed E-state index contributed by atoms with van der Waals surface area (Å²) in [6.07, 6.45) is 5.57. The summed E-state index contributed by atoms with van der Waals surface area (Å²) >= 11 is 0. The molecule has 0 radical (unpaired) electrons. The van der Waals surface area contributed by atoms with Crippen molar-refractivity contribution in [2.45, 2.75) is 51.6 Å². The Morgan fingerprint density at radius 3 is 2.79 bits per heavy atom. The predicted octanol–water partition coefficient (Wildman–Crippen LogP) is 1.86. The van der Waals surface area contributed by atoms with Gasteiger partial charge in [0.2, 0.25) is 0 Å². The van der Waals surface area contributed by atoms with Crippen LogP contribution in [0.5, 0.6) is 0 Å². The molecule has 0 bridgehead atoms. The first-order valence-electron chi connectivity index (χ1n) is 6.28. The predicted molar refractivity (Wildman–Crippen MR) is 60.5 cm³/mol. The van der Waals surface area contributed by atoms with Gasteiger partial charge in [-0.2, -0.15) is 0 Å². The number of nitrogens with one attached hydrogen (secondary N) is 1. The van der Waals surface area contributed by atoms with Crippen LogP contribution in [0, 0.1) is 5.92 Å². The largest absolute Gasteiger partial charge is 0.313 e. The van der Waals surface area contributed by atoms with Crippen molar-refractivity contribution in [3.8, 4) is 0 Å². The van der Waals surface area contributed by atoms with Crippen LogP contribution < -0.4 is 5.32 Å². The maximum atomic E-state index is 3.63. The maximum absolute atomic E-state index is 3.63. The fourth-order valence-corrected chi connectivity index (χ4v) is 2.55. The van der Waals surface area contributed by atoms with Crippen LogP contribution in [-0.2, 0) is 0 Å². The van der Waals surface area contributed by atoms with E-state index >= 15 is 0 Å². The Morgan fingerprint density at radius 1 is 1.36 bits per heavy atom. The summed E-state index contributed by atoms with van der Waals surface area (Å²) in [7, 11) is 0. The minimum Gasteiger partial charge on any atom is -0.313 e. The third-order valence-corrected chi connectivity index (χ3v) is 3.78. The molecule has 2 rings (SSSR count). The van der Waals surface area contributed by atoms with Gasteiger partial charge in [0.1, 0.15) is 0 Å². The van der Waals surface area contributed by atoms with Crippen molar-refractivity contribution < 1.29 is 0 Å². The SMILES string of the molecule is CCCNC1CCN(C(C)C2CC2)C1. The lowest BCUT2D eigenvalue weighted by molar-refractivity contribution is 0.229. The molecule has 2 nitrogen and oxygen atoms in total. The number of likely N-dealkylation sites (tertiary alicyclic amines) is 1. The van der Waals surface area contributed by atoms with Gasteiger partial charge in [-0.15, -0.1) is 0 Å². The molecule has 1 saturated carbocycles. The summed E-state index contributed by atoms with van der Waals surface area (Å²) in [6.45, 7) is 8.46. The van der Waals surface area contributed by atoms with Crippen LogP contribution in [0.15, 0.2) is 0 Å². The van der Waals surface area contributed by atoms with Gasteiger partial charge in [-0.25, -0.2) is 0 Å². The summed E-state index contributed by atoms with van der Waals surface area (Å²) in [5.41, 5.74) is 0. The first kappa shape index (κ1) is 10.4. The minimum absolute atomic E-state index is 0.774. The van der Waals surface area contributed by atoms with E-state index in [0.29, 0.717) is 0 Å². The highest BCUT2D eigenvalue weighted by molar-refractivity contribution is 4.90. The van der Waals surface area contributed by atoms with Gasteiger partial charge in [0.25, 0.3) is 0 Å². The highest BCUT2D eigenvalue weighted by atomic mass is 15.2. The number of nitrogens with zero attached hydrogens (tertiary/aromatic N) is 1. The van der Waals surface area contributed by atoms with E-state index in [0.717, 1.165) is 18.0 Å². The number of hydrogen-bond acceptors (Lipinski definition) is 2. The standard InChI is InChI=1S/C12H24N2/c1-3-7-13-12-6-8-14(9-12)10(2)11-4-5-11/h10-13H,3-9H2,1-2H3. The second-order valence-electron chi connectivity index (χ2n) is 5.01. The van der Waals surface area contributed by atoms with E-state index in [1.807, 2.05) is 0 Å². The zero-order chi connectivity index (χ0) is 9.97.